The van der Waals surface area contributed by atoms with Crippen LogP contribution in [-0.4, -0.2) is 96.7 Å². The van der Waals surface area contributed by atoms with Crippen molar-refractivity contribution in [2.24, 2.45) is 5.41 Å². The van der Waals surface area contributed by atoms with Gasteiger partial charge in [0, 0.05) is 46.6 Å². The van der Waals surface area contributed by atoms with Crippen molar-refractivity contribution in [3.8, 4) is 11.8 Å². The standard InChI is InChI=1S/C30H40BrF3IN5O4/c1-28(2,3)44-27(41)40-15-29(16-40)10-12-39(13-11-29)25-20-14-21(35)22(31)24(42-17-30(32,33)34)23(20)36-26(37-25)43-19-8-6-18(7-9-19)38(4)5/h14,18-19H,6-13,15-17H2,1-5H3. The van der Waals surface area contributed by atoms with E-state index in [1.165, 1.54) is 0 Å². The number of carbonyl (C=O) groups excluding carboxylic acids is 1. The Hall–Kier alpha value is -1.81. The van der Waals surface area contributed by atoms with Crippen molar-refractivity contribution >= 4 is 61.3 Å². The van der Waals surface area contributed by atoms with Gasteiger partial charge in [-0.1, -0.05) is 0 Å². The number of piperidine rings is 1. The first-order chi connectivity index (χ1) is 20.5. The minimum absolute atomic E-state index is 0.0130. The molecule has 1 aliphatic carbocycles. The maximum atomic E-state index is 13.2. The van der Waals surface area contributed by atoms with E-state index in [-0.39, 0.29) is 34.9 Å². The Balaban J connectivity index is 1.40. The predicted octanol–water partition coefficient (Wildman–Crippen LogP) is 7.03. The number of fused-ring (bicyclic) bond motifs is 1. The summed E-state index contributed by atoms with van der Waals surface area (Å²) in [7, 11) is 4.15. The number of rotatable bonds is 6. The summed E-state index contributed by atoms with van der Waals surface area (Å²) in [6.45, 7) is 6.77. The van der Waals surface area contributed by atoms with Crippen molar-refractivity contribution in [2.45, 2.75) is 83.2 Å². The van der Waals surface area contributed by atoms with Crippen LogP contribution in [0.15, 0.2) is 10.5 Å². The molecule has 1 amide bonds. The van der Waals surface area contributed by atoms with Gasteiger partial charge in [0.15, 0.2) is 12.4 Å². The van der Waals surface area contributed by atoms with Crippen molar-refractivity contribution in [1.29, 1.82) is 0 Å². The Bertz CT molecular complexity index is 1370. The maximum absolute atomic E-state index is 13.2. The number of ether oxygens (including phenoxy) is 3. The van der Waals surface area contributed by atoms with Crippen molar-refractivity contribution < 1.29 is 32.2 Å². The highest BCUT2D eigenvalue weighted by Crippen LogP contribution is 2.45. The quantitative estimate of drug-likeness (QED) is 0.289. The average molecular weight is 798 g/mol. The van der Waals surface area contributed by atoms with Crippen LogP contribution in [0.2, 0.25) is 0 Å². The zero-order valence-corrected chi connectivity index (χ0v) is 29.5. The summed E-state index contributed by atoms with van der Waals surface area (Å²) < 4.78 is 58.1. The van der Waals surface area contributed by atoms with Gasteiger partial charge in [0.25, 0.3) is 0 Å². The summed E-state index contributed by atoms with van der Waals surface area (Å²) in [5.74, 6) is 0.641. The number of hydrogen-bond donors (Lipinski definition) is 0. The van der Waals surface area contributed by atoms with E-state index in [1.54, 1.807) is 4.90 Å². The molecule has 3 fully saturated rings. The summed E-state index contributed by atoms with van der Waals surface area (Å²) in [5, 5.41) is 0.610. The lowest BCUT2D eigenvalue weighted by atomic mass is 9.72. The van der Waals surface area contributed by atoms with E-state index in [9.17, 15) is 18.0 Å². The highest BCUT2D eigenvalue weighted by atomic mass is 127. The number of amides is 1. The minimum Gasteiger partial charge on any atom is -0.481 e. The third-order valence-electron chi connectivity index (χ3n) is 8.65. The maximum Gasteiger partial charge on any atom is 0.422 e. The number of carbonyl (C=O) groups is 1. The number of benzene rings is 1. The van der Waals surface area contributed by atoms with Crippen molar-refractivity contribution in [3.63, 3.8) is 0 Å². The fourth-order valence-electron chi connectivity index (χ4n) is 6.28. The number of aromatic nitrogens is 2. The molecule has 14 heteroatoms. The number of likely N-dealkylation sites (tertiary alicyclic amines) is 1. The Morgan fingerprint density at radius 3 is 2.32 bits per heavy atom. The number of hydrogen-bond acceptors (Lipinski definition) is 8. The van der Waals surface area contributed by atoms with E-state index >= 15 is 0 Å². The molecule has 1 spiro atoms. The molecule has 2 saturated heterocycles. The summed E-state index contributed by atoms with van der Waals surface area (Å²) in [4.78, 5) is 28.2. The molecular formula is C30H40BrF3IN5O4. The molecular weight excluding hydrogens is 758 g/mol. The molecule has 1 aromatic heterocycles. The van der Waals surface area contributed by atoms with Crippen LogP contribution < -0.4 is 14.4 Å². The smallest absolute Gasteiger partial charge is 0.422 e. The third-order valence-corrected chi connectivity index (χ3v) is 11.0. The normalized spacial score (nSPS) is 22.3. The second-order valence-electron chi connectivity index (χ2n) is 13.5. The summed E-state index contributed by atoms with van der Waals surface area (Å²) in [6, 6.07) is 2.51. The predicted molar refractivity (Wildman–Crippen MR) is 174 cm³/mol. The van der Waals surface area contributed by atoms with Crippen LogP contribution in [-0.2, 0) is 4.74 Å². The van der Waals surface area contributed by atoms with Crippen LogP contribution in [0, 0.1) is 8.99 Å². The molecule has 0 atom stereocenters. The fraction of sp³-hybridized carbons (Fsp3) is 0.700. The molecule has 44 heavy (non-hydrogen) atoms. The summed E-state index contributed by atoms with van der Waals surface area (Å²) in [6.07, 6.45) is 0.446. The van der Waals surface area contributed by atoms with Crippen LogP contribution in [0.4, 0.5) is 23.8 Å². The van der Waals surface area contributed by atoms with Gasteiger partial charge in [0.1, 0.15) is 23.0 Å². The van der Waals surface area contributed by atoms with Gasteiger partial charge in [-0.25, -0.2) is 4.79 Å². The SMILES string of the molecule is CN(C)C1CCC(Oc2nc(N3CCC4(CC3)CN(C(=O)OC(C)(C)C)C4)c3cc(I)c(Br)c(OCC(F)(F)F)c3n2)CC1. The molecule has 1 aromatic carbocycles. The molecule has 2 aliphatic heterocycles. The van der Waals surface area contributed by atoms with Gasteiger partial charge < -0.3 is 28.9 Å². The van der Waals surface area contributed by atoms with E-state index in [0.29, 0.717) is 51.5 Å². The molecule has 0 bridgehead atoms. The lowest BCUT2D eigenvalue weighted by Gasteiger charge is -2.53. The first-order valence-corrected chi connectivity index (χ1v) is 16.8. The molecule has 1 saturated carbocycles. The Morgan fingerprint density at radius 2 is 1.75 bits per heavy atom. The highest BCUT2D eigenvalue weighted by Gasteiger charge is 2.48. The average Bonchev–Trinajstić information content (AvgIpc) is 2.91. The molecule has 0 N–H and O–H groups in total. The van der Waals surface area contributed by atoms with E-state index < -0.39 is 18.4 Å². The van der Waals surface area contributed by atoms with E-state index in [4.69, 9.17) is 19.2 Å². The van der Waals surface area contributed by atoms with E-state index in [2.05, 4.69) is 67.4 Å². The van der Waals surface area contributed by atoms with Gasteiger partial charge in [-0.15, -0.1) is 0 Å². The first-order valence-electron chi connectivity index (χ1n) is 15.0. The molecule has 2 aromatic rings. The molecule has 9 nitrogen and oxygen atoms in total. The number of nitrogens with zero attached hydrogens (tertiary/aromatic N) is 5. The van der Waals surface area contributed by atoms with Crippen LogP contribution in [0.1, 0.15) is 59.3 Å². The molecule has 3 aliphatic rings. The van der Waals surface area contributed by atoms with Crippen LogP contribution in [0.5, 0.6) is 11.8 Å². The van der Waals surface area contributed by atoms with Crippen LogP contribution >= 0.6 is 38.5 Å². The second kappa shape index (κ2) is 12.8. The lowest BCUT2D eigenvalue weighted by Crippen LogP contribution is -2.62. The lowest BCUT2D eigenvalue weighted by molar-refractivity contribution is -0.153. The largest absolute Gasteiger partial charge is 0.481 e. The second-order valence-corrected chi connectivity index (χ2v) is 15.4. The summed E-state index contributed by atoms with van der Waals surface area (Å²) >= 11 is 5.52. The zero-order chi connectivity index (χ0) is 32.0. The summed E-state index contributed by atoms with van der Waals surface area (Å²) in [5.41, 5.74) is -0.250. The number of anilines is 1. The van der Waals surface area contributed by atoms with Gasteiger partial charge in [-0.05, 0) is 118 Å². The third kappa shape index (κ3) is 7.76. The van der Waals surface area contributed by atoms with Crippen molar-refractivity contribution in [2.75, 3.05) is 51.8 Å². The molecule has 5 rings (SSSR count). The minimum atomic E-state index is -4.51. The Labute approximate surface area is 278 Å². The Morgan fingerprint density at radius 1 is 1.11 bits per heavy atom. The van der Waals surface area contributed by atoms with Crippen LogP contribution in [0.3, 0.4) is 0 Å². The van der Waals surface area contributed by atoms with Gasteiger partial charge in [-0.2, -0.15) is 23.1 Å². The molecule has 244 valence electrons. The van der Waals surface area contributed by atoms with Gasteiger partial charge in [-0.3, -0.25) is 0 Å². The van der Waals surface area contributed by atoms with Gasteiger partial charge >= 0.3 is 18.3 Å². The first kappa shape index (κ1) is 33.6. The number of halogens is 5. The highest BCUT2D eigenvalue weighted by molar-refractivity contribution is 14.1. The molecule has 0 radical (unpaired) electrons. The van der Waals surface area contributed by atoms with Crippen molar-refractivity contribution in [3.05, 3.63) is 14.1 Å². The number of alkyl halides is 3. The fourth-order valence-corrected chi connectivity index (χ4v) is 7.26. The monoisotopic (exact) mass is 797 g/mol. The molecule has 0 unspecified atom stereocenters. The van der Waals surface area contributed by atoms with Gasteiger partial charge in [0.2, 0.25) is 0 Å². The van der Waals surface area contributed by atoms with Gasteiger partial charge in [0.05, 0.1) is 4.47 Å². The van der Waals surface area contributed by atoms with Crippen molar-refractivity contribution in [1.82, 2.24) is 19.8 Å². The van der Waals surface area contributed by atoms with E-state index in [0.717, 1.165) is 38.5 Å². The van der Waals surface area contributed by atoms with Crippen LogP contribution in [0.25, 0.3) is 10.9 Å². The Kier molecular flexibility index (Phi) is 9.73. The molecule has 3 heterocycles. The topological polar surface area (TPSA) is 80.3 Å². The zero-order valence-electron chi connectivity index (χ0n) is 25.8. The van der Waals surface area contributed by atoms with E-state index in [1.807, 2.05) is 26.8 Å².